The van der Waals surface area contributed by atoms with Crippen LogP contribution in [0.1, 0.15) is 0 Å². The summed E-state index contributed by atoms with van der Waals surface area (Å²) in [6, 6.07) is 0. The molecule has 76 valence electrons. The third kappa shape index (κ3) is 0.753. The van der Waals surface area contributed by atoms with Gasteiger partial charge < -0.3 is 0 Å². The van der Waals surface area contributed by atoms with Gasteiger partial charge in [0.2, 0.25) is 0 Å². The molecule has 0 N–H and O–H groups in total. The maximum absolute atomic E-state index is 11.6. The molecule has 2 aromatic heterocycles. The zero-order valence-electron chi connectivity index (χ0n) is 8.61. The number of rotatable bonds is 0. The Morgan fingerprint density at radius 2 is 0.857 bits per heavy atom. The van der Waals surface area contributed by atoms with E-state index in [-0.39, 0.29) is 11.4 Å². The van der Waals surface area contributed by atoms with Crippen molar-refractivity contribution in [3.63, 3.8) is 0 Å². The van der Waals surface area contributed by atoms with Crippen molar-refractivity contribution in [3.05, 3.63) is 21.0 Å². The van der Waals surface area contributed by atoms with Crippen LogP contribution in [0.5, 0.6) is 0 Å². The van der Waals surface area contributed by atoms with E-state index in [1.165, 1.54) is 18.3 Å². The van der Waals surface area contributed by atoms with Crippen molar-refractivity contribution in [3.8, 4) is 0 Å². The number of fused-ring (bicyclic) bond motifs is 1. The zero-order valence-corrected chi connectivity index (χ0v) is 8.61. The quantitative estimate of drug-likeness (QED) is 0.538. The number of hydrogen-bond donors (Lipinski definition) is 0. The second kappa shape index (κ2) is 2.40. The van der Waals surface area contributed by atoms with Gasteiger partial charge in [0.05, 0.1) is 0 Å². The largest absolute Gasteiger partial charge is 0.330 e. The Morgan fingerprint density at radius 3 is 1.07 bits per heavy atom. The number of nitrogens with zero attached hydrogens (tertiary/aromatic N) is 4. The van der Waals surface area contributed by atoms with Crippen molar-refractivity contribution in [2.45, 2.75) is 0 Å². The molecule has 0 saturated carbocycles. The van der Waals surface area contributed by atoms with Gasteiger partial charge in [-0.3, -0.25) is 18.3 Å². The van der Waals surface area contributed by atoms with E-state index in [0.717, 1.165) is 0 Å². The highest BCUT2D eigenvalue weighted by Crippen LogP contribution is 2.06. The molecule has 0 aliphatic heterocycles. The number of hydrogen-bond acceptors (Lipinski definition) is 2. The van der Waals surface area contributed by atoms with Crippen LogP contribution in [0.25, 0.3) is 11.3 Å². The third-order valence-electron chi connectivity index (χ3n) is 2.62. The second-order valence-electron chi connectivity index (χ2n) is 3.45. The van der Waals surface area contributed by atoms with E-state index in [2.05, 4.69) is 0 Å². The Labute approximate surface area is 79.6 Å². The summed E-state index contributed by atoms with van der Waals surface area (Å²) in [6.07, 6.45) is 0. The first-order valence-corrected chi connectivity index (χ1v) is 4.24. The Balaban J connectivity index is 3.25. The van der Waals surface area contributed by atoms with Gasteiger partial charge in [-0.15, -0.1) is 0 Å². The molecular weight excluding hydrogens is 184 g/mol. The van der Waals surface area contributed by atoms with Gasteiger partial charge in [-0.05, 0) is 0 Å². The standard InChI is InChI=1S/C8H12N4O2/c1-9-5-6(11(3)7(9)13)12(4)8(14)10(5)2/h1-4H3. The molecule has 6 heteroatoms. The van der Waals surface area contributed by atoms with Crippen molar-refractivity contribution in [2.75, 3.05) is 0 Å². The lowest BCUT2D eigenvalue weighted by Crippen LogP contribution is -2.26. The van der Waals surface area contributed by atoms with Crippen molar-refractivity contribution < 1.29 is 0 Å². The Morgan fingerprint density at radius 1 is 0.643 bits per heavy atom. The molecule has 0 bridgehead atoms. The molecular formula is C8H12N4O2. The van der Waals surface area contributed by atoms with Crippen molar-refractivity contribution in [1.82, 2.24) is 18.3 Å². The minimum Gasteiger partial charge on any atom is -0.279 e. The summed E-state index contributed by atoms with van der Waals surface area (Å²) < 4.78 is 5.88. The van der Waals surface area contributed by atoms with E-state index in [1.54, 1.807) is 28.2 Å². The van der Waals surface area contributed by atoms with E-state index >= 15 is 0 Å². The van der Waals surface area contributed by atoms with E-state index in [9.17, 15) is 9.59 Å². The molecule has 2 rings (SSSR count). The summed E-state index contributed by atoms with van der Waals surface area (Å²) in [5, 5.41) is 0. The lowest BCUT2D eigenvalue weighted by atomic mass is 10.7. The zero-order chi connectivity index (χ0) is 10.6. The molecule has 0 saturated heterocycles. The highest BCUT2D eigenvalue weighted by molar-refractivity contribution is 5.68. The second-order valence-corrected chi connectivity index (χ2v) is 3.45. The van der Waals surface area contributed by atoms with Crippen LogP contribution in [0.2, 0.25) is 0 Å². The minimum atomic E-state index is -0.124. The van der Waals surface area contributed by atoms with E-state index in [4.69, 9.17) is 0 Å². The van der Waals surface area contributed by atoms with Crippen LogP contribution in [0.15, 0.2) is 9.59 Å². The Kier molecular flexibility index (Phi) is 1.52. The molecule has 6 nitrogen and oxygen atoms in total. The minimum absolute atomic E-state index is 0.124. The fraction of sp³-hybridized carbons (Fsp3) is 0.500. The van der Waals surface area contributed by atoms with Gasteiger partial charge in [-0.2, -0.15) is 0 Å². The van der Waals surface area contributed by atoms with Gasteiger partial charge in [0.1, 0.15) is 0 Å². The average molecular weight is 196 g/mol. The number of aryl methyl sites for hydroxylation is 4. The molecule has 0 amide bonds. The third-order valence-corrected chi connectivity index (χ3v) is 2.62. The summed E-state index contributed by atoms with van der Waals surface area (Å²) in [5.41, 5.74) is 1.04. The van der Waals surface area contributed by atoms with Gasteiger partial charge >= 0.3 is 11.4 Å². The summed E-state index contributed by atoms with van der Waals surface area (Å²) in [7, 11) is 6.63. The lowest BCUT2D eigenvalue weighted by Gasteiger charge is -1.93. The Bertz CT molecular complexity index is 521. The summed E-state index contributed by atoms with van der Waals surface area (Å²) in [5.74, 6) is 0. The fourth-order valence-electron chi connectivity index (χ4n) is 1.86. The highest BCUT2D eigenvalue weighted by atomic mass is 16.2. The summed E-state index contributed by atoms with van der Waals surface area (Å²) >= 11 is 0. The SMILES string of the molecule is Cn1c(=O)n(C)c2c1n(C)c(=O)n2C. The van der Waals surface area contributed by atoms with Crippen LogP contribution >= 0.6 is 0 Å². The van der Waals surface area contributed by atoms with Crippen molar-refractivity contribution in [1.29, 1.82) is 0 Å². The molecule has 0 aliphatic rings. The van der Waals surface area contributed by atoms with Crippen LogP contribution in [0.3, 0.4) is 0 Å². The first-order chi connectivity index (χ1) is 6.46. The van der Waals surface area contributed by atoms with Crippen LogP contribution in [-0.2, 0) is 28.2 Å². The van der Waals surface area contributed by atoms with Gasteiger partial charge in [0.15, 0.2) is 11.3 Å². The van der Waals surface area contributed by atoms with Gasteiger partial charge in [-0.1, -0.05) is 0 Å². The molecule has 0 spiro atoms. The first-order valence-electron chi connectivity index (χ1n) is 4.24. The van der Waals surface area contributed by atoms with Crippen LogP contribution in [0, 0.1) is 0 Å². The molecule has 0 unspecified atom stereocenters. The molecule has 0 radical (unpaired) electrons. The smallest absolute Gasteiger partial charge is 0.279 e. The van der Waals surface area contributed by atoms with Crippen molar-refractivity contribution in [2.24, 2.45) is 28.2 Å². The highest BCUT2D eigenvalue weighted by Gasteiger charge is 2.16. The van der Waals surface area contributed by atoms with Gasteiger partial charge in [-0.25, -0.2) is 9.59 Å². The molecule has 0 fully saturated rings. The molecule has 14 heavy (non-hydrogen) atoms. The van der Waals surface area contributed by atoms with E-state index in [1.807, 2.05) is 0 Å². The molecule has 0 aliphatic carbocycles. The van der Waals surface area contributed by atoms with Gasteiger partial charge in [0.25, 0.3) is 0 Å². The normalized spacial score (nSPS) is 11.4. The Hall–Kier alpha value is -1.72. The van der Waals surface area contributed by atoms with Gasteiger partial charge in [0, 0.05) is 28.2 Å². The molecule has 0 aromatic carbocycles. The summed E-state index contributed by atoms with van der Waals surface area (Å²) in [6.45, 7) is 0. The van der Waals surface area contributed by atoms with E-state index in [0.29, 0.717) is 11.3 Å². The maximum atomic E-state index is 11.6. The lowest BCUT2D eigenvalue weighted by molar-refractivity contribution is 0.713. The topological polar surface area (TPSA) is 53.9 Å². The predicted molar refractivity (Wildman–Crippen MR) is 52.4 cm³/mol. The predicted octanol–water partition coefficient (Wildman–Crippen LogP) is -1.09. The molecule has 2 aromatic rings. The number of aromatic nitrogens is 4. The van der Waals surface area contributed by atoms with Crippen molar-refractivity contribution >= 4 is 11.3 Å². The maximum Gasteiger partial charge on any atom is 0.330 e. The molecule has 2 heterocycles. The van der Waals surface area contributed by atoms with Crippen LogP contribution in [0.4, 0.5) is 0 Å². The first kappa shape index (κ1) is 8.86. The summed E-state index contributed by atoms with van der Waals surface area (Å²) in [4.78, 5) is 23.1. The van der Waals surface area contributed by atoms with Crippen LogP contribution < -0.4 is 11.4 Å². The number of imidazole rings is 2. The molecule has 0 atom stereocenters. The fourth-order valence-corrected chi connectivity index (χ4v) is 1.86. The van der Waals surface area contributed by atoms with E-state index < -0.39 is 0 Å². The van der Waals surface area contributed by atoms with Crippen LogP contribution in [-0.4, -0.2) is 18.3 Å². The monoisotopic (exact) mass is 196 g/mol. The average Bonchev–Trinajstić information content (AvgIpc) is 2.51.